The third-order valence-electron chi connectivity index (χ3n) is 3.80. The zero-order chi connectivity index (χ0) is 13.9. The predicted octanol–water partition coefficient (Wildman–Crippen LogP) is 4.17. The fraction of sp³-hybridized carbons (Fsp3) is 0.467. The van der Waals surface area contributed by atoms with Gasteiger partial charge in [0.2, 0.25) is 5.91 Å². The number of carbonyl (C=O) groups excluding carboxylic acids is 1. The molecule has 1 amide bonds. The molecule has 2 rings (SSSR count). The number of aryl methyl sites for hydroxylation is 1. The van der Waals surface area contributed by atoms with Crippen LogP contribution >= 0.6 is 15.9 Å². The maximum Gasteiger partial charge on any atom is 0.244 e. The van der Waals surface area contributed by atoms with Crippen LogP contribution in [-0.2, 0) is 4.79 Å². The van der Waals surface area contributed by atoms with Crippen molar-refractivity contribution in [2.75, 3.05) is 5.32 Å². The topological polar surface area (TPSA) is 52.9 Å². The lowest BCUT2D eigenvalue weighted by molar-refractivity contribution is -0.124. The number of nitrogens with one attached hydrogen (secondary N) is 1. The molecule has 1 fully saturated rings. The first-order valence-electron chi connectivity index (χ1n) is 6.56. The van der Waals surface area contributed by atoms with Crippen LogP contribution in [0.5, 0.6) is 0 Å². The van der Waals surface area contributed by atoms with Crippen LogP contribution < -0.4 is 5.32 Å². The molecule has 1 N–H and O–H groups in total. The highest BCUT2D eigenvalue weighted by atomic mass is 79.9. The lowest BCUT2D eigenvalue weighted by atomic mass is 9.74. The number of anilines is 1. The molecular formula is C15H17BrN2O. The van der Waals surface area contributed by atoms with Gasteiger partial charge in [-0.3, -0.25) is 4.79 Å². The molecule has 0 radical (unpaired) electrons. The Morgan fingerprint density at radius 3 is 2.68 bits per heavy atom. The zero-order valence-electron chi connectivity index (χ0n) is 11.0. The third kappa shape index (κ3) is 2.98. The molecule has 1 aromatic rings. The van der Waals surface area contributed by atoms with Gasteiger partial charge in [-0.05, 0) is 37.5 Å². The Hall–Kier alpha value is -1.34. The van der Waals surface area contributed by atoms with Crippen LogP contribution in [0.25, 0.3) is 0 Å². The Labute approximate surface area is 122 Å². The predicted molar refractivity (Wildman–Crippen MR) is 78.6 cm³/mol. The number of nitriles is 1. The molecule has 0 spiro atoms. The van der Waals surface area contributed by atoms with Crippen molar-refractivity contribution in [2.45, 2.75) is 39.0 Å². The van der Waals surface area contributed by atoms with Gasteiger partial charge in [-0.15, -0.1) is 0 Å². The summed E-state index contributed by atoms with van der Waals surface area (Å²) in [6, 6.07) is 8.00. The number of carbonyl (C=O) groups is 1. The van der Waals surface area contributed by atoms with Crippen molar-refractivity contribution in [1.29, 1.82) is 5.26 Å². The lowest BCUT2D eigenvalue weighted by Crippen LogP contribution is -2.36. The first-order valence-corrected chi connectivity index (χ1v) is 7.35. The Morgan fingerprint density at radius 2 is 2.05 bits per heavy atom. The Kier molecular flexibility index (Phi) is 4.26. The van der Waals surface area contributed by atoms with E-state index in [0.29, 0.717) is 12.8 Å². The Balaban J connectivity index is 2.20. The van der Waals surface area contributed by atoms with Gasteiger partial charge in [0.15, 0.2) is 0 Å². The highest BCUT2D eigenvalue weighted by molar-refractivity contribution is 9.10. The van der Waals surface area contributed by atoms with E-state index in [0.717, 1.165) is 35.0 Å². The fourth-order valence-electron chi connectivity index (χ4n) is 2.52. The quantitative estimate of drug-likeness (QED) is 0.889. The van der Waals surface area contributed by atoms with Gasteiger partial charge in [-0.1, -0.05) is 41.3 Å². The number of hydrogen-bond acceptors (Lipinski definition) is 2. The van der Waals surface area contributed by atoms with Gasteiger partial charge in [0.25, 0.3) is 0 Å². The molecule has 19 heavy (non-hydrogen) atoms. The van der Waals surface area contributed by atoms with Crippen molar-refractivity contribution >= 4 is 27.5 Å². The lowest BCUT2D eigenvalue weighted by Gasteiger charge is -2.29. The minimum Gasteiger partial charge on any atom is -0.324 e. The van der Waals surface area contributed by atoms with Gasteiger partial charge < -0.3 is 5.32 Å². The second-order valence-corrected chi connectivity index (χ2v) is 6.08. The monoisotopic (exact) mass is 320 g/mol. The van der Waals surface area contributed by atoms with Crippen LogP contribution in [0.15, 0.2) is 22.7 Å². The minimum atomic E-state index is -0.840. The van der Waals surface area contributed by atoms with E-state index in [9.17, 15) is 10.1 Å². The molecule has 100 valence electrons. The van der Waals surface area contributed by atoms with Crippen molar-refractivity contribution in [2.24, 2.45) is 5.41 Å². The molecule has 1 aliphatic rings. The first kappa shape index (κ1) is 14.1. The average Bonchev–Trinajstić information content (AvgIpc) is 2.43. The van der Waals surface area contributed by atoms with Crippen LogP contribution in [0.2, 0.25) is 0 Å². The number of halogens is 1. The van der Waals surface area contributed by atoms with Gasteiger partial charge in [-0.25, -0.2) is 0 Å². The molecule has 0 atom stereocenters. The van der Waals surface area contributed by atoms with E-state index in [2.05, 4.69) is 27.3 Å². The number of rotatable bonds is 2. The van der Waals surface area contributed by atoms with Crippen molar-refractivity contribution in [1.82, 2.24) is 0 Å². The molecule has 0 bridgehead atoms. The Bertz CT molecular complexity index is 527. The summed E-state index contributed by atoms with van der Waals surface area (Å²) in [5, 5.41) is 12.3. The average molecular weight is 321 g/mol. The molecule has 1 saturated carbocycles. The molecule has 0 unspecified atom stereocenters. The smallest absolute Gasteiger partial charge is 0.244 e. The molecule has 1 aromatic carbocycles. The van der Waals surface area contributed by atoms with E-state index in [-0.39, 0.29) is 5.91 Å². The van der Waals surface area contributed by atoms with Gasteiger partial charge in [-0.2, -0.15) is 5.26 Å². The van der Waals surface area contributed by atoms with Crippen LogP contribution in [0.1, 0.15) is 37.7 Å². The third-order valence-corrected chi connectivity index (χ3v) is 4.30. The van der Waals surface area contributed by atoms with Crippen molar-refractivity contribution in [3.05, 3.63) is 28.2 Å². The van der Waals surface area contributed by atoms with Gasteiger partial charge in [0, 0.05) is 10.2 Å². The van der Waals surface area contributed by atoms with Gasteiger partial charge in [0.1, 0.15) is 5.41 Å². The molecule has 3 nitrogen and oxygen atoms in total. The van der Waals surface area contributed by atoms with Crippen LogP contribution in [0.3, 0.4) is 0 Å². The normalized spacial score (nSPS) is 17.5. The number of nitrogens with zero attached hydrogens (tertiary/aromatic N) is 1. The summed E-state index contributed by atoms with van der Waals surface area (Å²) >= 11 is 3.40. The molecule has 4 heteroatoms. The van der Waals surface area contributed by atoms with Crippen molar-refractivity contribution < 1.29 is 4.79 Å². The maximum absolute atomic E-state index is 12.4. The zero-order valence-corrected chi connectivity index (χ0v) is 12.6. The van der Waals surface area contributed by atoms with E-state index in [1.807, 2.05) is 25.1 Å². The second kappa shape index (κ2) is 5.75. The minimum absolute atomic E-state index is 0.157. The van der Waals surface area contributed by atoms with Crippen molar-refractivity contribution in [3.63, 3.8) is 0 Å². The molecule has 0 aliphatic heterocycles. The highest BCUT2D eigenvalue weighted by Crippen LogP contribution is 2.37. The van der Waals surface area contributed by atoms with E-state index in [1.165, 1.54) is 0 Å². The maximum atomic E-state index is 12.4. The van der Waals surface area contributed by atoms with Crippen LogP contribution in [0.4, 0.5) is 5.69 Å². The van der Waals surface area contributed by atoms with Crippen LogP contribution in [-0.4, -0.2) is 5.91 Å². The largest absolute Gasteiger partial charge is 0.324 e. The summed E-state index contributed by atoms with van der Waals surface area (Å²) in [5.74, 6) is -0.157. The van der Waals surface area contributed by atoms with Crippen molar-refractivity contribution in [3.8, 4) is 6.07 Å². The Morgan fingerprint density at radius 1 is 1.37 bits per heavy atom. The van der Waals surface area contributed by atoms with E-state index in [4.69, 9.17) is 0 Å². The number of hydrogen-bond donors (Lipinski definition) is 1. The SMILES string of the molecule is Cc1ccc(Br)cc1NC(=O)C1(C#N)CCCCC1. The fourth-order valence-corrected chi connectivity index (χ4v) is 2.88. The van der Waals surface area contributed by atoms with Crippen LogP contribution in [0, 0.1) is 23.7 Å². The summed E-state index contributed by atoms with van der Waals surface area (Å²) in [5.41, 5.74) is 0.938. The van der Waals surface area contributed by atoms with E-state index < -0.39 is 5.41 Å². The summed E-state index contributed by atoms with van der Waals surface area (Å²) < 4.78 is 0.919. The molecule has 0 aromatic heterocycles. The first-order chi connectivity index (χ1) is 9.07. The number of benzene rings is 1. The standard InChI is InChI=1S/C15H17BrN2O/c1-11-5-6-12(16)9-13(11)18-14(19)15(10-17)7-3-2-4-8-15/h5-6,9H,2-4,7-8H2,1H3,(H,18,19). The number of amides is 1. The molecule has 1 aliphatic carbocycles. The van der Waals surface area contributed by atoms with E-state index >= 15 is 0 Å². The molecule has 0 heterocycles. The summed E-state index contributed by atoms with van der Waals surface area (Å²) in [6.07, 6.45) is 4.37. The summed E-state index contributed by atoms with van der Waals surface area (Å²) in [7, 11) is 0. The highest BCUT2D eigenvalue weighted by Gasteiger charge is 2.39. The second-order valence-electron chi connectivity index (χ2n) is 5.17. The van der Waals surface area contributed by atoms with Gasteiger partial charge >= 0.3 is 0 Å². The molecular weight excluding hydrogens is 304 g/mol. The molecule has 0 saturated heterocycles. The van der Waals surface area contributed by atoms with Gasteiger partial charge in [0.05, 0.1) is 6.07 Å². The summed E-state index contributed by atoms with van der Waals surface area (Å²) in [4.78, 5) is 12.4. The summed E-state index contributed by atoms with van der Waals surface area (Å²) in [6.45, 7) is 1.95. The van der Waals surface area contributed by atoms with E-state index in [1.54, 1.807) is 0 Å².